The average Bonchev–Trinajstić information content (AvgIpc) is 2.99. The molecule has 110 valence electrons. The Labute approximate surface area is 133 Å². The molecule has 0 atom stereocenters. The van der Waals surface area contributed by atoms with Crippen LogP contribution in [0.1, 0.15) is 19.3 Å². The van der Waals surface area contributed by atoms with E-state index < -0.39 is 0 Å². The summed E-state index contributed by atoms with van der Waals surface area (Å²) in [6.07, 6.45) is 5.88. The van der Waals surface area contributed by atoms with Crippen LogP contribution in [0.3, 0.4) is 0 Å². The van der Waals surface area contributed by atoms with Crippen molar-refractivity contribution in [2.24, 2.45) is 5.92 Å². The zero-order valence-corrected chi connectivity index (χ0v) is 13.4. The van der Waals surface area contributed by atoms with E-state index in [0.717, 1.165) is 44.3 Å². The summed E-state index contributed by atoms with van der Waals surface area (Å²) >= 11 is 3.63. The van der Waals surface area contributed by atoms with Gasteiger partial charge < -0.3 is 4.79 Å². The maximum absolute atomic E-state index is 10.6. The Morgan fingerprint density at radius 3 is 2.86 bits per heavy atom. The zero-order chi connectivity index (χ0) is 14.5. The first kappa shape index (κ1) is 14.8. The van der Waals surface area contributed by atoms with Gasteiger partial charge in [0.05, 0.1) is 14.8 Å². The molecule has 1 aliphatic rings. The van der Waals surface area contributed by atoms with E-state index in [9.17, 15) is 4.79 Å². The molecular weight excluding hydrogens is 300 g/mol. The Bertz CT molecular complexity index is 577. The van der Waals surface area contributed by atoms with Crippen LogP contribution >= 0.6 is 23.3 Å². The summed E-state index contributed by atoms with van der Waals surface area (Å²) in [6.45, 7) is 2.14. The molecule has 1 fully saturated rings. The third-order valence-corrected chi connectivity index (χ3v) is 6.04. The van der Waals surface area contributed by atoms with Crippen molar-refractivity contribution in [2.75, 3.05) is 13.1 Å². The lowest BCUT2D eigenvalue weighted by molar-refractivity contribution is -0.108. The van der Waals surface area contributed by atoms with Gasteiger partial charge in [-0.2, -0.15) is 0 Å². The highest BCUT2D eigenvalue weighted by molar-refractivity contribution is 7.99. The first-order valence-corrected chi connectivity index (χ1v) is 8.82. The van der Waals surface area contributed by atoms with Gasteiger partial charge in [0.25, 0.3) is 0 Å². The molecule has 0 aliphatic carbocycles. The van der Waals surface area contributed by atoms with Gasteiger partial charge in [-0.25, -0.2) is 4.31 Å². The molecule has 0 spiro atoms. The summed E-state index contributed by atoms with van der Waals surface area (Å²) in [4.78, 5) is 16.2. The van der Waals surface area contributed by atoms with Crippen molar-refractivity contribution in [1.82, 2.24) is 9.29 Å². The van der Waals surface area contributed by atoms with Crippen LogP contribution in [0.15, 0.2) is 40.7 Å². The van der Waals surface area contributed by atoms with Crippen molar-refractivity contribution in [3.63, 3.8) is 0 Å². The topological polar surface area (TPSA) is 33.2 Å². The van der Waals surface area contributed by atoms with Crippen LogP contribution in [0.2, 0.25) is 0 Å². The highest BCUT2D eigenvalue weighted by Crippen LogP contribution is 2.36. The third kappa shape index (κ3) is 3.93. The van der Waals surface area contributed by atoms with Crippen LogP contribution in [0.25, 0.3) is 10.6 Å². The molecule has 0 saturated carbocycles. The van der Waals surface area contributed by atoms with E-state index in [4.69, 9.17) is 0 Å². The summed E-state index contributed by atoms with van der Waals surface area (Å²) in [7, 11) is 0. The number of aromatic nitrogens is 1. The molecule has 1 saturated heterocycles. The summed E-state index contributed by atoms with van der Waals surface area (Å²) < 4.78 is 3.72. The van der Waals surface area contributed by atoms with E-state index in [-0.39, 0.29) is 0 Å². The maximum atomic E-state index is 10.6. The molecule has 21 heavy (non-hydrogen) atoms. The Morgan fingerprint density at radius 1 is 1.29 bits per heavy atom. The molecule has 3 nitrogen and oxygen atoms in total. The van der Waals surface area contributed by atoms with Crippen LogP contribution in [-0.2, 0) is 4.79 Å². The molecule has 3 heterocycles. The van der Waals surface area contributed by atoms with Crippen LogP contribution in [-0.4, -0.2) is 28.7 Å². The lowest BCUT2D eigenvalue weighted by Gasteiger charge is -2.29. The van der Waals surface area contributed by atoms with Gasteiger partial charge in [-0.15, -0.1) is 11.3 Å². The van der Waals surface area contributed by atoms with E-state index in [0.29, 0.717) is 5.92 Å². The first-order valence-electron chi connectivity index (χ1n) is 7.23. The second kappa shape index (κ2) is 7.20. The fraction of sp³-hybridized carbons (Fsp3) is 0.375. The minimum Gasteiger partial charge on any atom is -0.303 e. The number of hydrogen-bond donors (Lipinski definition) is 0. The van der Waals surface area contributed by atoms with Crippen molar-refractivity contribution in [2.45, 2.75) is 23.5 Å². The number of carbonyl (C=O) groups is 1. The lowest BCUT2D eigenvalue weighted by Crippen LogP contribution is -2.28. The van der Waals surface area contributed by atoms with Gasteiger partial charge in [0.15, 0.2) is 0 Å². The summed E-state index contributed by atoms with van der Waals surface area (Å²) in [5.41, 5.74) is 1.04. The zero-order valence-electron chi connectivity index (χ0n) is 11.8. The molecule has 0 N–H and O–H groups in total. The number of thiophene rings is 1. The molecule has 5 heteroatoms. The number of pyridine rings is 1. The summed E-state index contributed by atoms with van der Waals surface area (Å²) in [5, 5.41) is 0. The van der Waals surface area contributed by atoms with Crippen molar-refractivity contribution in [1.29, 1.82) is 0 Å². The monoisotopic (exact) mass is 318 g/mol. The molecule has 2 aromatic heterocycles. The molecular formula is C16H18N2OS2. The number of aldehydes is 1. The predicted molar refractivity (Wildman–Crippen MR) is 88.4 cm³/mol. The largest absolute Gasteiger partial charge is 0.303 e. The van der Waals surface area contributed by atoms with Crippen LogP contribution in [0.5, 0.6) is 0 Å². The van der Waals surface area contributed by atoms with E-state index in [1.54, 1.807) is 11.3 Å². The number of rotatable bonds is 5. The quantitative estimate of drug-likeness (QED) is 0.613. The highest BCUT2D eigenvalue weighted by Gasteiger charge is 2.20. The van der Waals surface area contributed by atoms with Crippen LogP contribution < -0.4 is 0 Å². The van der Waals surface area contributed by atoms with E-state index in [1.807, 2.05) is 36.3 Å². The maximum Gasteiger partial charge on any atom is 0.120 e. The van der Waals surface area contributed by atoms with Crippen molar-refractivity contribution in [3.8, 4) is 10.6 Å². The second-order valence-electron chi connectivity index (χ2n) is 5.20. The van der Waals surface area contributed by atoms with Gasteiger partial charge in [-0.05, 0) is 55.0 Å². The van der Waals surface area contributed by atoms with Gasteiger partial charge in [0, 0.05) is 25.7 Å². The average molecular weight is 318 g/mol. The predicted octanol–water partition coefficient (Wildman–Crippen LogP) is 4.12. The standard InChI is InChI=1S/C16H18N2OS2/c19-12-8-13-6-10-18(11-7-13)21-16-5-4-15(20-16)14-3-1-2-9-17-14/h1-5,9,12-13H,6-8,10-11H2. The van der Waals surface area contributed by atoms with Crippen molar-refractivity contribution >= 4 is 29.6 Å². The minimum atomic E-state index is 0.590. The van der Waals surface area contributed by atoms with Crippen molar-refractivity contribution in [3.05, 3.63) is 36.5 Å². The number of nitrogens with zero attached hydrogens (tertiary/aromatic N) is 2. The fourth-order valence-corrected chi connectivity index (χ4v) is 4.74. The molecule has 2 aromatic rings. The molecule has 1 aliphatic heterocycles. The lowest BCUT2D eigenvalue weighted by atomic mass is 9.95. The Hall–Kier alpha value is -1.17. The molecule has 0 radical (unpaired) electrons. The fourth-order valence-electron chi connectivity index (χ4n) is 2.51. The highest BCUT2D eigenvalue weighted by atomic mass is 32.2. The molecule has 0 aromatic carbocycles. The Balaban J connectivity index is 1.57. The van der Waals surface area contributed by atoms with E-state index in [2.05, 4.69) is 21.4 Å². The third-order valence-electron chi connectivity index (χ3n) is 3.72. The smallest absolute Gasteiger partial charge is 0.120 e. The van der Waals surface area contributed by atoms with Gasteiger partial charge in [-0.1, -0.05) is 6.07 Å². The van der Waals surface area contributed by atoms with Crippen molar-refractivity contribution < 1.29 is 4.79 Å². The Morgan fingerprint density at radius 2 is 2.14 bits per heavy atom. The van der Waals surface area contributed by atoms with Gasteiger partial charge in [0.2, 0.25) is 0 Å². The summed E-state index contributed by atoms with van der Waals surface area (Å²) in [6, 6.07) is 10.3. The van der Waals surface area contributed by atoms with E-state index in [1.165, 1.54) is 9.09 Å². The van der Waals surface area contributed by atoms with E-state index >= 15 is 0 Å². The molecule has 3 rings (SSSR count). The number of piperidine rings is 1. The minimum absolute atomic E-state index is 0.590. The second-order valence-corrected chi connectivity index (χ2v) is 7.68. The molecule has 0 bridgehead atoms. The van der Waals surface area contributed by atoms with Crippen LogP contribution in [0.4, 0.5) is 0 Å². The van der Waals surface area contributed by atoms with Gasteiger partial charge in [-0.3, -0.25) is 4.98 Å². The molecule has 0 unspecified atom stereocenters. The number of hydrogen-bond acceptors (Lipinski definition) is 5. The van der Waals surface area contributed by atoms with Gasteiger partial charge in [0.1, 0.15) is 6.29 Å². The normalized spacial score (nSPS) is 17.0. The first-order chi connectivity index (χ1) is 10.3. The van der Waals surface area contributed by atoms with Crippen LogP contribution in [0, 0.1) is 5.92 Å². The van der Waals surface area contributed by atoms with Gasteiger partial charge >= 0.3 is 0 Å². The SMILES string of the molecule is O=CCC1CCN(Sc2ccc(-c3ccccn3)s2)CC1. The molecule has 0 amide bonds. The summed E-state index contributed by atoms with van der Waals surface area (Å²) in [5.74, 6) is 0.590. The number of carbonyl (C=O) groups excluding carboxylic acids is 1. The Kier molecular flexibility index (Phi) is 5.06.